The van der Waals surface area contributed by atoms with Crippen LogP contribution in [-0.2, 0) is 12.8 Å². The van der Waals surface area contributed by atoms with Crippen LogP contribution in [0.25, 0.3) is 0 Å². The number of rotatable bonds is 4. The molecule has 0 unspecified atom stereocenters. The maximum atomic E-state index is 13.1. The van der Waals surface area contributed by atoms with Crippen molar-refractivity contribution in [3.8, 4) is 0 Å². The van der Waals surface area contributed by atoms with Gasteiger partial charge in [-0.3, -0.25) is 9.59 Å². The number of amides is 2. The molecule has 138 valence electrons. The van der Waals surface area contributed by atoms with Gasteiger partial charge < -0.3 is 10.6 Å². The third-order valence-electron chi connectivity index (χ3n) is 4.76. The highest BCUT2D eigenvalue weighted by molar-refractivity contribution is 7.17. The summed E-state index contributed by atoms with van der Waals surface area (Å²) in [6.07, 6.45) is 4.06. The summed E-state index contributed by atoms with van der Waals surface area (Å²) < 4.78 is 0. The summed E-state index contributed by atoms with van der Waals surface area (Å²) in [5.41, 5.74) is 3.54. The zero-order valence-electron chi connectivity index (χ0n) is 15.0. The number of anilines is 2. The van der Waals surface area contributed by atoms with Crippen LogP contribution >= 0.6 is 22.7 Å². The maximum absolute atomic E-state index is 13.1. The Morgan fingerprint density at radius 1 is 0.963 bits per heavy atom. The molecule has 0 aliphatic heterocycles. The molecule has 4 nitrogen and oxygen atoms in total. The second kappa shape index (κ2) is 7.66. The van der Waals surface area contributed by atoms with E-state index in [1.54, 1.807) is 17.4 Å². The van der Waals surface area contributed by atoms with Crippen molar-refractivity contribution in [3.05, 3.63) is 68.2 Å². The number of carbonyl (C=O) groups excluding carboxylic acids is 2. The van der Waals surface area contributed by atoms with Gasteiger partial charge in [0.05, 0.1) is 10.4 Å². The zero-order valence-corrected chi connectivity index (χ0v) is 16.6. The minimum absolute atomic E-state index is 0.148. The minimum atomic E-state index is -0.159. The maximum Gasteiger partial charge on any atom is 0.266 e. The van der Waals surface area contributed by atoms with Gasteiger partial charge in [0.25, 0.3) is 11.8 Å². The zero-order chi connectivity index (χ0) is 18.8. The molecule has 0 radical (unpaired) electrons. The Balaban J connectivity index is 1.67. The predicted octanol–water partition coefficient (Wildman–Crippen LogP) is 5.50. The molecule has 0 spiro atoms. The number of benzene rings is 1. The smallest absolute Gasteiger partial charge is 0.266 e. The monoisotopic (exact) mass is 396 g/mol. The molecule has 1 aliphatic carbocycles. The fourth-order valence-corrected chi connectivity index (χ4v) is 5.27. The topological polar surface area (TPSA) is 58.2 Å². The minimum Gasteiger partial charge on any atom is -0.322 e. The van der Waals surface area contributed by atoms with Crippen LogP contribution in [0, 0.1) is 6.92 Å². The van der Waals surface area contributed by atoms with Crippen molar-refractivity contribution in [1.82, 2.24) is 0 Å². The quantitative estimate of drug-likeness (QED) is 0.612. The van der Waals surface area contributed by atoms with Crippen LogP contribution in [0.15, 0.2) is 41.8 Å². The van der Waals surface area contributed by atoms with Gasteiger partial charge in [-0.1, -0.05) is 24.3 Å². The number of fused-ring (bicyclic) bond motifs is 1. The van der Waals surface area contributed by atoms with Gasteiger partial charge >= 0.3 is 0 Å². The molecular weight excluding hydrogens is 376 g/mol. The molecule has 2 heterocycles. The number of hydrogen-bond donors (Lipinski definition) is 2. The molecule has 2 amide bonds. The van der Waals surface area contributed by atoms with E-state index in [4.69, 9.17) is 0 Å². The SMILES string of the molecule is Cc1ccccc1NC(=O)c1c(NC(=O)c2cccs2)sc2c1CCCC2. The van der Waals surface area contributed by atoms with E-state index >= 15 is 0 Å². The van der Waals surface area contributed by atoms with Crippen LogP contribution in [0.1, 0.15) is 48.9 Å². The van der Waals surface area contributed by atoms with Crippen LogP contribution in [0.5, 0.6) is 0 Å². The fraction of sp³-hybridized carbons (Fsp3) is 0.238. The van der Waals surface area contributed by atoms with E-state index in [9.17, 15) is 9.59 Å². The van der Waals surface area contributed by atoms with E-state index in [-0.39, 0.29) is 11.8 Å². The van der Waals surface area contributed by atoms with Gasteiger partial charge in [-0.2, -0.15) is 0 Å². The summed E-state index contributed by atoms with van der Waals surface area (Å²) >= 11 is 2.94. The average Bonchev–Trinajstić information content (AvgIpc) is 3.31. The van der Waals surface area contributed by atoms with Gasteiger partial charge in [0.1, 0.15) is 5.00 Å². The summed E-state index contributed by atoms with van der Waals surface area (Å²) in [4.78, 5) is 27.5. The Hall–Kier alpha value is -2.44. The van der Waals surface area contributed by atoms with Gasteiger partial charge in [0, 0.05) is 10.6 Å². The van der Waals surface area contributed by atoms with E-state index in [0.29, 0.717) is 15.4 Å². The van der Waals surface area contributed by atoms with E-state index < -0.39 is 0 Å². The molecule has 1 aromatic carbocycles. The van der Waals surface area contributed by atoms with Crippen molar-refractivity contribution >= 4 is 45.2 Å². The molecule has 2 aromatic heterocycles. The summed E-state index contributed by atoms with van der Waals surface area (Å²) in [5, 5.41) is 8.54. The summed E-state index contributed by atoms with van der Waals surface area (Å²) in [7, 11) is 0. The molecule has 2 N–H and O–H groups in total. The molecular formula is C21H20N2O2S2. The molecule has 0 saturated heterocycles. The molecule has 0 fully saturated rings. The van der Waals surface area contributed by atoms with Crippen LogP contribution in [-0.4, -0.2) is 11.8 Å². The molecule has 27 heavy (non-hydrogen) atoms. The number of nitrogens with one attached hydrogen (secondary N) is 2. The lowest BCUT2D eigenvalue weighted by Crippen LogP contribution is -2.18. The lowest BCUT2D eigenvalue weighted by Gasteiger charge is -2.14. The predicted molar refractivity (Wildman–Crippen MR) is 112 cm³/mol. The van der Waals surface area contributed by atoms with Gasteiger partial charge in [-0.15, -0.1) is 22.7 Å². The van der Waals surface area contributed by atoms with Crippen molar-refractivity contribution in [2.45, 2.75) is 32.6 Å². The second-order valence-electron chi connectivity index (χ2n) is 6.62. The molecule has 6 heteroatoms. The van der Waals surface area contributed by atoms with Gasteiger partial charge in [0.15, 0.2) is 0 Å². The normalized spacial score (nSPS) is 13.1. The van der Waals surface area contributed by atoms with Crippen molar-refractivity contribution in [3.63, 3.8) is 0 Å². The van der Waals surface area contributed by atoms with E-state index in [0.717, 1.165) is 42.5 Å². The second-order valence-corrected chi connectivity index (χ2v) is 8.67. The van der Waals surface area contributed by atoms with E-state index in [1.165, 1.54) is 16.2 Å². The molecule has 0 saturated carbocycles. The fourth-order valence-electron chi connectivity index (χ4n) is 3.36. The van der Waals surface area contributed by atoms with Crippen LogP contribution in [0.3, 0.4) is 0 Å². The average molecular weight is 397 g/mol. The highest BCUT2D eigenvalue weighted by Gasteiger charge is 2.27. The number of thiophene rings is 2. The van der Waals surface area contributed by atoms with Gasteiger partial charge in [-0.05, 0) is 61.2 Å². The number of aryl methyl sites for hydroxylation is 2. The molecule has 1 aliphatic rings. The lowest BCUT2D eigenvalue weighted by molar-refractivity contribution is 0.102. The van der Waals surface area contributed by atoms with E-state index in [2.05, 4.69) is 10.6 Å². The Labute approximate surface area is 166 Å². The van der Waals surface area contributed by atoms with Crippen LogP contribution in [0.4, 0.5) is 10.7 Å². The van der Waals surface area contributed by atoms with Gasteiger partial charge in [-0.25, -0.2) is 0 Å². The summed E-state index contributed by atoms with van der Waals surface area (Å²) in [6, 6.07) is 11.4. The summed E-state index contributed by atoms with van der Waals surface area (Å²) in [5.74, 6) is -0.307. The standard InChI is InChI=1S/C21H20N2O2S2/c1-13-7-2-4-9-15(13)22-20(25)18-14-8-3-5-10-16(14)27-21(18)23-19(24)17-11-6-12-26-17/h2,4,6-7,9,11-12H,3,5,8,10H2,1H3,(H,22,25)(H,23,24). The summed E-state index contributed by atoms with van der Waals surface area (Å²) in [6.45, 7) is 1.97. The molecule has 0 atom stereocenters. The first-order chi connectivity index (χ1) is 13.1. The Morgan fingerprint density at radius 3 is 2.56 bits per heavy atom. The molecule has 4 rings (SSSR count). The lowest BCUT2D eigenvalue weighted by atomic mass is 9.95. The highest BCUT2D eigenvalue weighted by Crippen LogP contribution is 2.39. The third kappa shape index (κ3) is 3.68. The first-order valence-corrected chi connectivity index (χ1v) is 10.7. The Bertz CT molecular complexity index is 990. The van der Waals surface area contributed by atoms with Crippen LogP contribution < -0.4 is 10.6 Å². The molecule has 0 bridgehead atoms. The molecule has 3 aromatic rings. The first kappa shape index (κ1) is 17.9. The largest absolute Gasteiger partial charge is 0.322 e. The Morgan fingerprint density at radius 2 is 1.78 bits per heavy atom. The van der Waals surface area contributed by atoms with E-state index in [1.807, 2.05) is 42.6 Å². The van der Waals surface area contributed by atoms with Crippen LogP contribution in [0.2, 0.25) is 0 Å². The van der Waals surface area contributed by atoms with Gasteiger partial charge in [0.2, 0.25) is 0 Å². The number of carbonyl (C=O) groups is 2. The number of para-hydroxylation sites is 1. The van der Waals surface area contributed by atoms with Crippen molar-refractivity contribution < 1.29 is 9.59 Å². The van der Waals surface area contributed by atoms with Crippen molar-refractivity contribution in [1.29, 1.82) is 0 Å². The highest BCUT2D eigenvalue weighted by atomic mass is 32.1. The first-order valence-electron chi connectivity index (χ1n) is 9.00. The van der Waals surface area contributed by atoms with Crippen molar-refractivity contribution in [2.24, 2.45) is 0 Å². The third-order valence-corrected chi connectivity index (χ3v) is 6.84. The number of hydrogen-bond acceptors (Lipinski definition) is 4. The van der Waals surface area contributed by atoms with Crippen molar-refractivity contribution in [2.75, 3.05) is 10.6 Å². The Kier molecular flexibility index (Phi) is 5.09.